The summed E-state index contributed by atoms with van der Waals surface area (Å²) in [6.07, 6.45) is 6.92. The van der Waals surface area contributed by atoms with Gasteiger partial charge in [0.2, 0.25) is 5.91 Å². The van der Waals surface area contributed by atoms with Crippen LogP contribution >= 0.6 is 11.3 Å². The van der Waals surface area contributed by atoms with Gasteiger partial charge in [-0.15, -0.1) is 11.3 Å². The standard InChI is InChI=1S/C22H27N3O3S/c1-15(23-21(27)16-9-6-4-7-10-16)13-20(26)24-25-22(28)19-14-17-11-5-2-3-8-12-18(17)29-19/h4,6-7,9-10,14-15H,2-3,5,8,11-13H2,1H3,(H,23,27)(H,24,26)(H,25,28)/t15-/m1/s1. The van der Waals surface area contributed by atoms with Crippen molar-refractivity contribution < 1.29 is 14.4 Å². The Morgan fingerprint density at radius 3 is 2.45 bits per heavy atom. The van der Waals surface area contributed by atoms with Gasteiger partial charge < -0.3 is 5.32 Å². The maximum atomic E-state index is 12.4. The smallest absolute Gasteiger partial charge is 0.279 e. The minimum atomic E-state index is -0.360. The Balaban J connectivity index is 1.45. The van der Waals surface area contributed by atoms with Crippen molar-refractivity contribution in [2.75, 3.05) is 0 Å². The molecule has 2 aromatic rings. The summed E-state index contributed by atoms with van der Waals surface area (Å²) >= 11 is 1.52. The second kappa shape index (κ2) is 10.2. The third kappa shape index (κ3) is 6.15. The Bertz CT molecular complexity index is 838. The molecular weight excluding hydrogens is 386 g/mol. The van der Waals surface area contributed by atoms with Crippen molar-refractivity contribution in [3.05, 3.63) is 57.3 Å². The van der Waals surface area contributed by atoms with E-state index in [1.807, 2.05) is 12.1 Å². The number of aryl methyl sites for hydroxylation is 2. The molecule has 0 aliphatic heterocycles. The SMILES string of the molecule is C[C@H](CC(=O)NNC(=O)c1cc2c(s1)CCCCCC2)NC(=O)c1ccccc1. The average molecular weight is 414 g/mol. The van der Waals surface area contributed by atoms with E-state index in [2.05, 4.69) is 16.2 Å². The number of hydrogen-bond acceptors (Lipinski definition) is 4. The molecule has 0 saturated heterocycles. The summed E-state index contributed by atoms with van der Waals surface area (Å²) in [5, 5.41) is 2.78. The Morgan fingerprint density at radius 1 is 0.966 bits per heavy atom. The molecule has 6 nitrogen and oxygen atoms in total. The molecule has 1 heterocycles. The molecule has 0 unspecified atom stereocenters. The third-order valence-electron chi connectivity index (χ3n) is 4.94. The van der Waals surface area contributed by atoms with Crippen LogP contribution in [0, 0.1) is 0 Å². The van der Waals surface area contributed by atoms with Crippen molar-refractivity contribution in [2.45, 2.75) is 57.9 Å². The highest BCUT2D eigenvalue weighted by molar-refractivity contribution is 7.14. The Kier molecular flexibility index (Phi) is 7.41. The highest BCUT2D eigenvalue weighted by atomic mass is 32.1. The first kappa shape index (κ1) is 21.0. The van der Waals surface area contributed by atoms with Crippen LogP contribution in [0.15, 0.2) is 36.4 Å². The molecule has 1 aliphatic carbocycles. The number of fused-ring (bicyclic) bond motifs is 1. The minimum absolute atomic E-state index is 0.0692. The van der Waals surface area contributed by atoms with Crippen LogP contribution in [-0.2, 0) is 17.6 Å². The van der Waals surface area contributed by atoms with Crippen LogP contribution in [0.4, 0.5) is 0 Å². The maximum Gasteiger partial charge on any atom is 0.279 e. The van der Waals surface area contributed by atoms with Crippen molar-refractivity contribution in [1.29, 1.82) is 0 Å². The third-order valence-corrected chi connectivity index (χ3v) is 6.18. The molecule has 1 aromatic heterocycles. The summed E-state index contributed by atoms with van der Waals surface area (Å²) in [4.78, 5) is 38.6. The van der Waals surface area contributed by atoms with Gasteiger partial charge in [0.05, 0.1) is 4.88 Å². The van der Waals surface area contributed by atoms with E-state index in [0.29, 0.717) is 10.4 Å². The fourth-order valence-corrected chi connectivity index (χ4v) is 4.57. The number of hydrazine groups is 1. The Morgan fingerprint density at radius 2 is 1.69 bits per heavy atom. The van der Waals surface area contributed by atoms with Gasteiger partial charge in [-0.1, -0.05) is 31.0 Å². The molecule has 1 aromatic carbocycles. The summed E-state index contributed by atoms with van der Waals surface area (Å²) in [7, 11) is 0. The molecule has 1 aliphatic rings. The van der Waals surface area contributed by atoms with Gasteiger partial charge in [-0.2, -0.15) is 0 Å². The summed E-state index contributed by atoms with van der Waals surface area (Å²) in [5.74, 6) is -0.879. The van der Waals surface area contributed by atoms with Gasteiger partial charge in [0.1, 0.15) is 0 Å². The molecule has 3 amide bonds. The molecule has 0 fully saturated rings. The number of thiophene rings is 1. The van der Waals surface area contributed by atoms with E-state index >= 15 is 0 Å². The normalized spacial score (nSPS) is 14.7. The molecule has 29 heavy (non-hydrogen) atoms. The fourth-order valence-electron chi connectivity index (χ4n) is 3.42. The Labute approximate surface area is 175 Å². The molecule has 0 saturated carbocycles. The fraction of sp³-hybridized carbons (Fsp3) is 0.409. The average Bonchev–Trinajstić information content (AvgIpc) is 3.08. The van der Waals surface area contributed by atoms with Crippen LogP contribution in [0.2, 0.25) is 0 Å². The molecule has 0 bridgehead atoms. The number of amides is 3. The number of rotatable bonds is 5. The van der Waals surface area contributed by atoms with Crippen LogP contribution in [0.3, 0.4) is 0 Å². The van der Waals surface area contributed by atoms with Crippen LogP contribution in [0.1, 0.15) is 69.5 Å². The summed E-state index contributed by atoms with van der Waals surface area (Å²) < 4.78 is 0. The highest BCUT2D eigenvalue weighted by Gasteiger charge is 2.17. The van der Waals surface area contributed by atoms with E-state index in [9.17, 15) is 14.4 Å². The minimum Gasteiger partial charge on any atom is -0.349 e. The number of nitrogens with one attached hydrogen (secondary N) is 3. The summed E-state index contributed by atoms with van der Waals surface area (Å²) in [5.41, 5.74) is 6.75. The molecule has 0 radical (unpaired) electrons. The highest BCUT2D eigenvalue weighted by Crippen LogP contribution is 2.28. The van der Waals surface area contributed by atoms with E-state index in [0.717, 1.165) is 25.7 Å². The van der Waals surface area contributed by atoms with Crippen molar-refractivity contribution >= 4 is 29.1 Å². The lowest BCUT2D eigenvalue weighted by Crippen LogP contribution is -2.44. The van der Waals surface area contributed by atoms with Crippen LogP contribution in [0.5, 0.6) is 0 Å². The molecule has 0 spiro atoms. The topological polar surface area (TPSA) is 87.3 Å². The van der Waals surface area contributed by atoms with Crippen molar-refractivity contribution in [2.24, 2.45) is 0 Å². The molecule has 7 heteroatoms. The van der Waals surface area contributed by atoms with Crippen LogP contribution < -0.4 is 16.2 Å². The predicted octanol–water partition coefficient (Wildman–Crippen LogP) is 3.38. The zero-order valence-corrected chi connectivity index (χ0v) is 17.4. The second-order valence-electron chi connectivity index (χ2n) is 7.42. The lowest BCUT2D eigenvalue weighted by Gasteiger charge is -2.14. The Hall–Kier alpha value is -2.67. The molecular formula is C22H27N3O3S. The maximum absolute atomic E-state index is 12.4. The predicted molar refractivity (Wildman–Crippen MR) is 114 cm³/mol. The van der Waals surface area contributed by atoms with Gasteiger partial charge in [0.15, 0.2) is 0 Å². The molecule has 1 atom stereocenters. The van der Waals surface area contributed by atoms with Gasteiger partial charge in [0, 0.05) is 22.9 Å². The second-order valence-corrected chi connectivity index (χ2v) is 8.56. The first-order chi connectivity index (χ1) is 14.0. The quantitative estimate of drug-likeness (QED) is 0.657. The number of benzene rings is 1. The van der Waals surface area contributed by atoms with Gasteiger partial charge in [-0.05, 0) is 56.4 Å². The van der Waals surface area contributed by atoms with E-state index in [1.54, 1.807) is 31.2 Å². The number of carbonyl (C=O) groups is 3. The van der Waals surface area contributed by atoms with Crippen molar-refractivity contribution in [1.82, 2.24) is 16.2 Å². The van der Waals surface area contributed by atoms with Crippen molar-refractivity contribution in [3.63, 3.8) is 0 Å². The van der Waals surface area contributed by atoms with E-state index in [1.165, 1.54) is 34.6 Å². The zero-order chi connectivity index (χ0) is 20.6. The van der Waals surface area contributed by atoms with E-state index in [-0.39, 0.29) is 30.2 Å². The van der Waals surface area contributed by atoms with E-state index < -0.39 is 0 Å². The summed E-state index contributed by atoms with van der Waals surface area (Å²) in [6, 6.07) is 10.4. The monoisotopic (exact) mass is 413 g/mol. The largest absolute Gasteiger partial charge is 0.349 e. The van der Waals surface area contributed by atoms with Gasteiger partial charge in [-0.25, -0.2) is 0 Å². The first-order valence-corrected chi connectivity index (χ1v) is 10.9. The number of hydrogen-bond donors (Lipinski definition) is 3. The van der Waals surface area contributed by atoms with Crippen LogP contribution in [0.25, 0.3) is 0 Å². The number of carbonyl (C=O) groups excluding carboxylic acids is 3. The van der Waals surface area contributed by atoms with Gasteiger partial charge in [0.25, 0.3) is 11.8 Å². The zero-order valence-electron chi connectivity index (χ0n) is 16.6. The lowest BCUT2D eigenvalue weighted by molar-refractivity contribution is -0.122. The lowest BCUT2D eigenvalue weighted by atomic mass is 10.00. The van der Waals surface area contributed by atoms with Crippen molar-refractivity contribution in [3.8, 4) is 0 Å². The van der Waals surface area contributed by atoms with Gasteiger partial charge in [-0.3, -0.25) is 25.2 Å². The summed E-state index contributed by atoms with van der Waals surface area (Å²) in [6.45, 7) is 1.75. The van der Waals surface area contributed by atoms with Crippen LogP contribution in [-0.4, -0.2) is 23.8 Å². The first-order valence-electron chi connectivity index (χ1n) is 10.1. The molecule has 3 N–H and O–H groups in total. The van der Waals surface area contributed by atoms with Gasteiger partial charge >= 0.3 is 0 Å². The van der Waals surface area contributed by atoms with E-state index in [4.69, 9.17) is 0 Å². The molecule has 3 rings (SSSR count). The molecule has 154 valence electrons.